The molecule has 3 aromatic rings. The van der Waals surface area contributed by atoms with Gasteiger partial charge in [-0.05, 0) is 30.3 Å². The minimum absolute atomic E-state index is 0.696. The lowest BCUT2D eigenvalue weighted by Gasteiger charge is -2.10. The van der Waals surface area contributed by atoms with Crippen molar-refractivity contribution in [2.24, 2.45) is 0 Å². The van der Waals surface area contributed by atoms with Gasteiger partial charge < -0.3 is 9.72 Å². The Morgan fingerprint density at radius 3 is 2.67 bits per heavy atom. The van der Waals surface area contributed by atoms with Crippen molar-refractivity contribution in [2.45, 2.75) is 0 Å². The molecule has 18 heavy (non-hydrogen) atoms. The first kappa shape index (κ1) is 11.0. The quantitative estimate of drug-likeness (QED) is 0.678. The fourth-order valence-corrected chi connectivity index (χ4v) is 2.05. The van der Waals surface area contributed by atoms with E-state index in [9.17, 15) is 0 Å². The zero-order chi connectivity index (χ0) is 12.4. The van der Waals surface area contributed by atoms with Crippen LogP contribution in [0, 0.1) is 0 Å². The number of H-pyrrole nitrogens is 1. The van der Waals surface area contributed by atoms with Crippen molar-refractivity contribution in [3.8, 4) is 11.5 Å². The van der Waals surface area contributed by atoms with Gasteiger partial charge in [-0.25, -0.2) is 0 Å². The molecular formula is C14H11ClN2O. The number of nitrogens with one attached hydrogen (secondary N) is 2. The number of aromatic amines is 1. The number of rotatable bonds is 3. The number of aromatic nitrogens is 1. The van der Waals surface area contributed by atoms with Crippen LogP contribution in [0.3, 0.4) is 0 Å². The van der Waals surface area contributed by atoms with E-state index in [0.717, 1.165) is 22.3 Å². The number of hydrogen-bond donors (Lipinski definition) is 2. The van der Waals surface area contributed by atoms with Crippen LogP contribution in [-0.2, 0) is 0 Å². The molecule has 0 fully saturated rings. The van der Waals surface area contributed by atoms with Crippen LogP contribution < -0.4 is 9.57 Å². The van der Waals surface area contributed by atoms with Crippen molar-refractivity contribution in [2.75, 3.05) is 4.84 Å². The highest BCUT2D eigenvalue weighted by molar-refractivity contribution is 6.24. The fourth-order valence-electron chi connectivity index (χ4n) is 1.90. The SMILES string of the molecule is ClNc1ccccc1Oc1cccc2[nH]ccc12. The molecule has 0 aliphatic heterocycles. The predicted octanol–water partition coefficient (Wildman–Crippen LogP) is 4.53. The third-order valence-corrected chi connectivity index (χ3v) is 2.97. The third-order valence-electron chi connectivity index (χ3n) is 2.76. The normalized spacial score (nSPS) is 10.5. The predicted molar refractivity (Wildman–Crippen MR) is 74.3 cm³/mol. The van der Waals surface area contributed by atoms with Gasteiger partial charge in [0.1, 0.15) is 5.75 Å². The number of ether oxygens (including phenoxy) is 1. The number of para-hydroxylation sites is 2. The first-order valence-electron chi connectivity index (χ1n) is 5.58. The van der Waals surface area contributed by atoms with Crippen LogP contribution in [-0.4, -0.2) is 4.98 Å². The Bertz CT molecular complexity index is 678. The molecule has 90 valence electrons. The monoisotopic (exact) mass is 258 g/mol. The van der Waals surface area contributed by atoms with Gasteiger partial charge in [-0.2, -0.15) is 0 Å². The van der Waals surface area contributed by atoms with Gasteiger partial charge in [0.2, 0.25) is 0 Å². The maximum atomic E-state index is 5.91. The molecule has 2 N–H and O–H groups in total. The summed E-state index contributed by atoms with van der Waals surface area (Å²) in [4.78, 5) is 5.75. The summed E-state index contributed by atoms with van der Waals surface area (Å²) in [6.07, 6.45) is 1.89. The molecule has 1 heterocycles. The first-order valence-corrected chi connectivity index (χ1v) is 5.96. The van der Waals surface area contributed by atoms with Gasteiger partial charge >= 0.3 is 0 Å². The lowest BCUT2D eigenvalue weighted by molar-refractivity contribution is 0.491. The molecule has 0 bridgehead atoms. The largest absolute Gasteiger partial charge is 0.454 e. The van der Waals surface area contributed by atoms with Crippen molar-refractivity contribution in [1.82, 2.24) is 4.98 Å². The van der Waals surface area contributed by atoms with Crippen molar-refractivity contribution >= 4 is 28.4 Å². The van der Waals surface area contributed by atoms with E-state index in [-0.39, 0.29) is 0 Å². The number of anilines is 1. The average molecular weight is 259 g/mol. The molecule has 0 aliphatic rings. The molecule has 0 saturated carbocycles. The first-order chi connectivity index (χ1) is 8.88. The summed E-state index contributed by atoms with van der Waals surface area (Å²) in [6, 6.07) is 15.4. The van der Waals surface area contributed by atoms with Crippen molar-refractivity contribution in [3.63, 3.8) is 0 Å². The molecule has 1 aromatic heterocycles. The minimum Gasteiger partial charge on any atom is -0.454 e. The number of halogens is 1. The van der Waals surface area contributed by atoms with Gasteiger partial charge in [0.15, 0.2) is 5.75 Å². The Morgan fingerprint density at radius 2 is 1.78 bits per heavy atom. The highest BCUT2D eigenvalue weighted by Gasteiger charge is 2.06. The fraction of sp³-hybridized carbons (Fsp3) is 0. The topological polar surface area (TPSA) is 37.0 Å². The van der Waals surface area contributed by atoms with Gasteiger partial charge in [0.25, 0.3) is 0 Å². The van der Waals surface area contributed by atoms with Crippen LogP contribution in [0.25, 0.3) is 10.9 Å². The van der Waals surface area contributed by atoms with E-state index in [1.54, 1.807) is 0 Å². The molecule has 0 spiro atoms. The Morgan fingerprint density at radius 1 is 0.944 bits per heavy atom. The van der Waals surface area contributed by atoms with Gasteiger partial charge in [-0.3, -0.25) is 4.84 Å². The Labute approximate surface area is 109 Å². The molecule has 0 aliphatic carbocycles. The van der Waals surface area contributed by atoms with Crippen molar-refractivity contribution < 1.29 is 4.74 Å². The van der Waals surface area contributed by atoms with E-state index in [4.69, 9.17) is 16.5 Å². The Kier molecular flexibility index (Phi) is 2.82. The Balaban J connectivity index is 2.04. The van der Waals surface area contributed by atoms with E-state index >= 15 is 0 Å². The van der Waals surface area contributed by atoms with Gasteiger partial charge in [0.05, 0.1) is 5.69 Å². The number of benzene rings is 2. The molecule has 0 atom stereocenters. The van der Waals surface area contributed by atoms with E-state index in [1.807, 2.05) is 54.7 Å². The second-order valence-electron chi connectivity index (χ2n) is 3.89. The molecule has 0 unspecified atom stereocenters. The third kappa shape index (κ3) is 1.89. The maximum absolute atomic E-state index is 5.91. The summed E-state index contributed by atoms with van der Waals surface area (Å²) in [7, 11) is 0. The van der Waals surface area contributed by atoms with Gasteiger partial charge in [-0.1, -0.05) is 18.2 Å². The van der Waals surface area contributed by atoms with E-state index in [0.29, 0.717) is 5.75 Å². The summed E-state index contributed by atoms with van der Waals surface area (Å²) in [5, 5.41) is 1.04. The van der Waals surface area contributed by atoms with Crippen LogP contribution >= 0.6 is 11.8 Å². The van der Waals surface area contributed by atoms with Crippen LogP contribution in [0.2, 0.25) is 0 Å². The average Bonchev–Trinajstić information content (AvgIpc) is 2.89. The van der Waals surface area contributed by atoms with Crippen LogP contribution in [0.5, 0.6) is 11.5 Å². The van der Waals surface area contributed by atoms with Gasteiger partial charge in [0, 0.05) is 28.9 Å². The second kappa shape index (κ2) is 4.63. The molecule has 3 rings (SSSR count). The van der Waals surface area contributed by atoms with E-state index < -0.39 is 0 Å². The molecular weight excluding hydrogens is 248 g/mol. The van der Waals surface area contributed by atoms with Crippen LogP contribution in [0.15, 0.2) is 54.7 Å². The minimum atomic E-state index is 0.696. The molecule has 4 heteroatoms. The smallest absolute Gasteiger partial charge is 0.151 e. The molecule has 0 radical (unpaired) electrons. The van der Waals surface area contributed by atoms with Crippen LogP contribution in [0.1, 0.15) is 0 Å². The zero-order valence-corrected chi connectivity index (χ0v) is 10.2. The molecule has 0 amide bonds. The highest BCUT2D eigenvalue weighted by Crippen LogP contribution is 2.33. The number of fused-ring (bicyclic) bond motifs is 1. The standard InChI is InChI=1S/C14H11ClN2O/c15-17-12-4-1-2-6-14(12)18-13-7-3-5-11-10(13)8-9-16-11/h1-9,16-17H. The zero-order valence-electron chi connectivity index (χ0n) is 9.48. The Hall–Kier alpha value is -2.13. The van der Waals surface area contributed by atoms with Gasteiger partial charge in [-0.15, -0.1) is 0 Å². The summed E-state index contributed by atoms with van der Waals surface area (Å²) in [5.41, 5.74) is 1.79. The van der Waals surface area contributed by atoms with Crippen molar-refractivity contribution in [1.29, 1.82) is 0 Å². The van der Waals surface area contributed by atoms with E-state index in [1.165, 1.54) is 0 Å². The summed E-state index contributed by atoms with van der Waals surface area (Å²) in [6.45, 7) is 0. The summed E-state index contributed by atoms with van der Waals surface area (Å²) in [5.74, 6) is 1.49. The lowest BCUT2D eigenvalue weighted by Crippen LogP contribution is -1.89. The van der Waals surface area contributed by atoms with Crippen LogP contribution in [0.4, 0.5) is 5.69 Å². The maximum Gasteiger partial charge on any atom is 0.151 e. The summed E-state index contributed by atoms with van der Waals surface area (Å²) >= 11 is 5.66. The second-order valence-corrected chi connectivity index (χ2v) is 4.08. The summed E-state index contributed by atoms with van der Waals surface area (Å²) < 4.78 is 5.91. The highest BCUT2D eigenvalue weighted by atomic mass is 35.5. The lowest BCUT2D eigenvalue weighted by atomic mass is 10.2. The molecule has 3 nitrogen and oxygen atoms in total. The van der Waals surface area contributed by atoms with Crippen molar-refractivity contribution in [3.05, 3.63) is 54.7 Å². The molecule has 0 saturated heterocycles. The van der Waals surface area contributed by atoms with E-state index in [2.05, 4.69) is 9.82 Å². The molecule has 2 aromatic carbocycles. The number of hydrogen-bond acceptors (Lipinski definition) is 2.